The van der Waals surface area contributed by atoms with Crippen molar-refractivity contribution < 1.29 is 9.53 Å². The smallest absolute Gasteiger partial charge is 0.154 e. The molecule has 0 aliphatic heterocycles. The van der Waals surface area contributed by atoms with E-state index in [0.717, 1.165) is 11.8 Å². The van der Waals surface area contributed by atoms with Crippen molar-refractivity contribution in [2.45, 2.75) is 13.8 Å². The zero-order valence-corrected chi connectivity index (χ0v) is 7.20. The minimum absolute atomic E-state index is 0.548. The predicted octanol–water partition coefficient (Wildman–Crippen LogP) is 1.60. The Hall–Kier alpha value is -1.38. The number of rotatable bonds is 3. The number of ether oxygens (including phenoxy) is 1. The van der Waals surface area contributed by atoms with Gasteiger partial charge >= 0.3 is 0 Å². The summed E-state index contributed by atoms with van der Waals surface area (Å²) in [4.78, 5) is 14.5. The van der Waals surface area contributed by atoms with Gasteiger partial charge in [-0.15, -0.1) is 0 Å². The van der Waals surface area contributed by atoms with Gasteiger partial charge in [-0.05, 0) is 19.4 Å². The molecular weight excluding hydrogens is 154 g/mol. The Morgan fingerprint density at radius 1 is 1.58 bits per heavy atom. The molecule has 0 radical (unpaired) electrons. The Balaban J connectivity index is 3.09. The van der Waals surface area contributed by atoms with Crippen molar-refractivity contribution in [2.24, 2.45) is 0 Å². The fourth-order valence-corrected chi connectivity index (χ4v) is 0.972. The van der Waals surface area contributed by atoms with Crippen LogP contribution in [0.15, 0.2) is 12.4 Å². The van der Waals surface area contributed by atoms with Crippen molar-refractivity contribution >= 4 is 6.29 Å². The monoisotopic (exact) mass is 165 g/mol. The SMILES string of the molecule is CCOc1cncc(C)c1C=O. The lowest BCUT2D eigenvalue weighted by molar-refractivity contribution is 0.111. The van der Waals surface area contributed by atoms with Gasteiger partial charge < -0.3 is 4.74 Å². The third kappa shape index (κ3) is 1.61. The van der Waals surface area contributed by atoms with Gasteiger partial charge in [-0.3, -0.25) is 9.78 Å². The van der Waals surface area contributed by atoms with Gasteiger partial charge in [0, 0.05) is 6.20 Å². The van der Waals surface area contributed by atoms with Gasteiger partial charge in [0.05, 0.1) is 18.4 Å². The lowest BCUT2D eigenvalue weighted by Crippen LogP contribution is -1.98. The molecule has 3 heteroatoms. The predicted molar refractivity (Wildman–Crippen MR) is 45.5 cm³/mol. The summed E-state index contributed by atoms with van der Waals surface area (Å²) in [7, 11) is 0. The van der Waals surface area contributed by atoms with E-state index in [1.165, 1.54) is 0 Å². The summed E-state index contributed by atoms with van der Waals surface area (Å²) < 4.78 is 5.21. The number of carbonyl (C=O) groups excluding carboxylic acids is 1. The molecule has 1 rings (SSSR count). The molecule has 0 bridgehead atoms. The van der Waals surface area contributed by atoms with Crippen LogP contribution in [0.25, 0.3) is 0 Å². The molecule has 0 fully saturated rings. The van der Waals surface area contributed by atoms with E-state index in [1.54, 1.807) is 12.4 Å². The zero-order valence-electron chi connectivity index (χ0n) is 7.20. The van der Waals surface area contributed by atoms with Gasteiger partial charge in [-0.2, -0.15) is 0 Å². The first-order chi connectivity index (χ1) is 5.79. The largest absolute Gasteiger partial charge is 0.491 e. The van der Waals surface area contributed by atoms with Gasteiger partial charge in [0.25, 0.3) is 0 Å². The number of aromatic nitrogens is 1. The van der Waals surface area contributed by atoms with Gasteiger partial charge in [0.1, 0.15) is 5.75 Å². The molecule has 0 saturated heterocycles. The molecule has 1 aromatic heterocycles. The Morgan fingerprint density at radius 2 is 2.33 bits per heavy atom. The van der Waals surface area contributed by atoms with Crippen LogP contribution < -0.4 is 4.74 Å². The summed E-state index contributed by atoms with van der Waals surface area (Å²) in [6.45, 7) is 4.25. The first kappa shape index (κ1) is 8.71. The lowest BCUT2D eigenvalue weighted by Gasteiger charge is -2.06. The first-order valence-electron chi connectivity index (χ1n) is 3.82. The summed E-state index contributed by atoms with van der Waals surface area (Å²) in [6, 6.07) is 0. The van der Waals surface area contributed by atoms with E-state index in [1.807, 2.05) is 13.8 Å². The van der Waals surface area contributed by atoms with Crippen LogP contribution in [-0.4, -0.2) is 17.9 Å². The second-order valence-corrected chi connectivity index (χ2v) is 2.42. The van der Waals surface area contributed by atoms with Gasteiger partial charge in [-0.25, -0.2) is 0 Å². The van der Waals surface area contributed by atoms with Crippen LogP contribution in [0.3, 0.4) is 0 Å². The topological polar surface area (TPSA) is 39.2 Å². The maximum atomic E-state index is 10.6. The first-order valence-corrected chi connectivity index (χ1v) is 3.82. The van der Waals surface area contributed by atoms with Crippen LogP contribution in [0.5, 0.6) is 5.75 Å². The van der Waals surface area contributed by atoms with Crippen molar-refractivity contribution in [3.05, 3.63) is 23.5 Å². The minimum atomic E-state index is 0.548. The molecule has 0 aromatic carbocycles. The van der Waals surface area contributed by atoms with Crippen molar-refractivity contribution in [2.75, 3.05) is 6.61 Å². The second kappa shape index (κ2) is 3.85. The molecule has 0 N–H and O–H groups in total. The Labute approximate surface area is 71.4 Å². The fraction of sp³-hybridized carbons (Fsp3) is 0.333. The fourth-order valence-electron chi connectivity index (χ4n) is 0.972. The highest BCUT2D eigenvalue weighted by Gasteiger charge is 2.04. The average molecular weight is 165 g/mol. The molecule has 3 nitrogen and oxygen atoms in total. The number of nitrogens with zero attached hydrogens (tertiary/aromatic N) is 1. The van der Waals surface area contributed by atoms with Crippen molar-refractivity contribution in [3.63, 3.8) is 0 Å². The number of hydrogen-bond donors (Lipinski definition) is 0. The van der Waals surface area contributed by atoms with Crippen LogP contribution in [0.1, 0.15) is 22.8 Å². The summed E-state index contributed by atoms with van der Waals surface area (Å²) in [5.41, 5.74) is 1.43. The lowest BCUT2D eigenvalue weighted by atomic mass is 10.2. The van der Waals surface area contributed by atoms with E-state index in [9.17, 15) is 4.79 Å². The van der Waals surface area contributed by atoms with Crippen molar-refractivity contribution in [1.29, 1.82) is 0 Å². The van der Waals surface area contributed by atoms with E-state index in [0.29, 0.717) is 17.9 Å². The van der Waals surface area contributed by atoms with Gasteiger partial charge in [0.15, 0.2) is 6.29 Å². The Bertz CT molecular complexity index is 284. The number of pyridine rings is 1. The molecule has 1 heterocycles. The Morgan fingerprint density at radius 3 is 2.92 bits per heavy atom. The van der Waals surface area contributed by atoms with Crippen molar-refractivity contribution in [1.82, 2.24) is 4.98 Å². The molecular formula is C9H11NO2. The zero-order chi connectivity index (χ0) is 8.97. The standard InChI is InChI=1S/C9H11NO2/c1-3-12-9-5-10-4-7(2)8(9)6-11/h4-6H,3H2,1-2H3. The van der Waals surface area contributed by atoms with E-state index in [2.05, 4.69) is 4.98 Å². The number of aldehydes is 1. The molecule has 0 aliphatic carbocycles. The highest BCUT2D eigenvalue weighted by Crippen LogP contribution is 2.17. The van der Waals surface area contributed by atoms with E-state index in [4.69, 9.17) is 4.74 Å². The van der Waals surface area contributed by atoms with Crippen LogP contribution in [-0.2, 0) is 0 Å². The summed E-state index contributed by atoms with van der Waals surface area (Å²) >= 11 is 0. The normalized spacial score (nSPS) is 9.50. The van der Waals surface area contributed by atoms with Gasteiger partial charge in [-0.1, -0.05) is 0 Å². The summed E-state index contributed by atoms with van der Waals surface area (Å²) in [6.07, 6.45) is 3.99. The van der Waals surface area contributed by atoms with E-state index >= 15 is 0 Å². The quantitative estimate of drug-likeness (QED) is 0.638. The van der Waals surface area contributed by atoms with Crippen LogP contribution in [0, 0.1) is 6.92 Å². The average Bonchev–Trinajstić information content (AvgIpc) is 2.05. The number of carbonyl (C=O) groups is 1. The molecule has 0 spiro atoms. The number of aryl methyl sites for hydroxylation is 1. The van der Waals surface area contributed by atoms with Gasteiger partial charge in [0.2, 0.25) is 0 Å². The highest BCUT2D eigenvalue weighted by molar-refractivity contribution is 5.81. The molecule has 64 valence electrons. The van der Waals surface area contributed by atoms with Crippen LogP contribution in [0.4, 0.5) is 0 Å². The molecule has 0 unspecified atom stereocenters. The second-order valence-electron chi connectivity index (χ2n) is 2.42. The Kier molecular flexibility index (Phi) is 2.80. The van der Waals surface area contributed by atoms with Crippen molar-refractivity contribution in [3.8, 4) is 5.75 Å². The highest BCUT2D eigenvalue weighted by atomic mass is 16.5. The third-order valence-electron chi connectivity index (χ3n) is 1.57. The molecule has 0 aliphatic rings. The molecule has 0 amide bonds. The summed E-state index contributed by atoms with van der Waals surface area (Å²) in [5, 5.41) is 0. The molecule has 0 atom stereocenters. The van der Waals surface area contributed by atoms with Crippen LogP contribution >= 0.6 is 0 Å². The summed E-state index contributed by atoms with van der Waals surface area (Å²) in [5.74, 6) is 0.563. The van der Waals surface area contributed by atoms with E-state index < -0.39 is 0 Å². The number of hydrogen-bond acceptors (Lipinski definition) is 3. The molecule has 1 aromatic rings. The molecule has 12 heavy (non-hydrogen) atoms. The third-order valence-corrected chi connectivity index (χ3v) is 1.57. The maximum Gasteiger partial charge on any atom is 0.154 e. The molecule has 0 saturated carbocycles. The van der Waals surface area contributed by atoms with Crippen LogP contribution in [0.2, 0.25) is 0 Å². The minimum Gasteiger partial charge on any atom is -0.491 e. The maximum absolute atomic E-state index is 10.6. The van der Waals surface area contributed by atoms with E-state index in [-0.39, 0.29) is 0 Å².